The van der Waals surface area contributed by atoms with Crippen molar-refractivity contribution in [1.82, 2.24) is 19.8 Å². The summed E-state index contributed by atoms with van der Waals surface area (Å²) in [6, 6.07) is 0. The lowest BCUT2D eigenvalue weighted by molar-refractivity contribution is -0.137. The van der Waals surface area contributed by atoms with Gasteiger partial charge in [0.1, 0.15) is 4.88 Å². The number of carboxylic acids is 1. The molecule has 0 aliphatic carbocycles. The molecule has 2 aromatic heterocycles. The first kappa shape index (κ1) is 11.6. The number of hydrogen-bond donors (Lipinski definition) is 1. The van der Waals surface area contributed by atoms with Crippen molar-refractivity contribution in [2.75, 3.05) is 0 Å². The number of rotatable bonds is 6. The lowest BCUT2D eigenvalue weighted by Gasteiger charge is -1.93. The predicted molar refractivity (Wildman–Crippen MR) is 58.4 cm³/mol. The molecule has 8 heteroatoms. The molecule has 90 valence electrons. The van der Waals surface area contributed by atoms with Crippen LogP contribution in [0, 0.1) is 0 Å². The molecule has 0 saturated carbocycles. The minimum Gasteiger partial charge on any atom is -0.481 e. The van der Waals surface area contributed by atoms with E-state index in [4.69, 9.17) is 9.52 Å². The van der Waals surface area contributed by atoms with E-state index in [1.54, 1.807) is 6.20 Å². The molecule has 0 amide bonds. The summed E-state index contributed by atoms with van der Waals surface area (Å²) in [7, 11) is 0. The zero-order chi connectivity index (χ0) is 12.1. The van der Waals surface area contributed by atoms with Crippen molar-refractivity contribution < 1.29 is 14.3 Å². The minimum absolute atomic E-state index is 0.166. The largest absolute Gasteiger partial charge is 0.481 e. The summed E-state index contributed by atoms with van der Waals surface area (Å²) in [5.74, 6) is 0.138. The van der Waals surface area contributed by atoms with Gasteiger partial charge in [-0.2, -0.15) is 0 Å². The zero-order valence-electron chi connectivity index (χ0n) is 8.87. The topological polar surface area (TPSA) is 102 Å². The number of hydrogen-bond acceptors (Lipinski definition) is 7. The molecule has 0 unspecified atom stereocenters. The molecule has 0 bridgehead atoms. The van der Waals surface area contributed by atoms with Gasteiger partial charge in [-0.15, -0.1) is 15.3 Å². The summed E-state index contributed by atoms with van der Waals surface area (Å²) in [5, 5.41) is 19.9. The van der Waals surface area contributed by atoms with Crippen LogP contribution in [-0.2, 0) is 11.2 Å². The van der Waals surface area contributed by atoms with E-state index in [9.17, 15) is 4.79 Å². The van der Waals surface area contributed by atoms with Gasteiger partial charge in [0.05, 0.1) is 6.20 Å². The van der Waals surface area contributed by atoms with Crippen molar-refractivity contribution in [3.05, 3.63) is 12.1 Å². The third-order valence-electron chi connectivity index (χ3n) is 2.07. The maximum absolute atomic E-state index is 10.3. The Morgan fingerprint density at radius 3 is 3.00 bits per heavy atom. The van der Waals surface area contributed by atoms with E-state index in [1.165, 1.54) is 11.5 Å². The summed E-state index contributed by atoms with van der Waals surface area (Å²) in [4.78, 5) is 11.0. The van der Waals surface area contributed by atoms with Crippen LogP contribution in [0.4, 0.5) is 0 Å². The molecule has 2 heterocycles. The normalized spacial score (nSPS) is 10.6. The summed E-state index contributed by atoms with van der Waals surface area (Å²) >= 11 is 1.19. The zero-order valence-corrected chi connectivity index (χ0v) is 9.68. The summed E-state index contributed by atoms with van der Waals surface area (Å²) in [6.45, 7) is 0. The highest BCUT2D eigenvalue weighted by Crippen LogP contribution is 2.20. The van der Waals surface area contributed by atoms with Crippen LogP contribution in [0.2, 0.25) is 0 Å². The first-order valence-corrected chi connectivity index (χ1v) is 5.85. The van der Waals surface area contributed by atoms with E-state index in [0.29, 0.717) is 24.6 Å². The standard InChI is InChI=1S/C9H10N4O3S/c14-8(15)4-2-1-3-7-11-12-9(16-7)6-5-10-13-17-6/h5H,1-4H2,(H,14,15). The van der Waals surface area contributed by atoms with Crippen molar-refractivity contribution in [1.29, 1.82) is 0 Å². The molecule has 0 radical (unpaired) electrons. The van der Waals surface area contributed by atoms with E-state index < -0.39 is 5.97 Å². The summed E-state index contributed by atoms with van der Waals surface area (Å²) in [6.07, 6.45) is 3.64. The van der Waals surface area contributed by atoms with Crippen molar-refractivity contribution in [2.24, 2.45) is 0 Å². The van der Waals surface area contributed by atoms with Crippen molar-refractivity contribution in [3.8, 4) is 10.8 Å². The van der Waals surface area contributed by atoms with Crippen LogP contribution < -0.4 is 0 Å². The molecular weight excluding hydrogens is 244 g/mol. The second-order valence-electron chi connectivity index (χ2n) is 3.38. The number of nitrogens with zero attached hydrogens (tertiary/aromatic N) is 4. The van der Waals surface area contributed by atoms with Crippen LogP contribution in [0.1, 0.15) is 25.2 Å². The third-order valence-corrected chi connectivity index (χ3v) is 2.72. The Bertz CT molecular complexity index is 482. The molecule has 0 atom stereocenters. The average molecular weight is 254 g/mol. The lowest BCUT2D eigenvalue weighted by Crippen LogP contribution is -1.95. The fraction of sp³-hybridized carbons (Fsp3) is 0.444. The average Bonchev–Trinajstić information content (AvgIpc) is 2.94. The number of unbranched alkanes of at least 4 members (excludes halogenated alkanes) is 1. The van der Waals surface area contributed by atoms with Crippen molar-refractivity contribution in [3.63, 3.8) is 0 Å². The molecule has 0 aliphatic heterocycles. The Balaban J connectivity index is 1.84. The minimum atomic E-state index is -0.785. The molecule has 0 aliphatic rings. The fourth-order valence-electron chi connectivity index (χ4n) is 1.27. The highest BCUT2D eigenvalue weighted by atomic mass is 32.1. The first-order valence-electron chi connectivity index (χ1n) is 5.07. The Kier molecular flexibility index (Phi) is 3.76. The molecule has 2 rings (SSSR count). The Labute approximate surface area is 101 Å². The Morgan fingerprint density at radius 1 is 1.41 bits per heavy atom. The predicted octanol–water partition coefficient (Wildman–Crippen LogP) is 1.39. The molecule has 1 N–H and O–H groups in total. The first-order chi connectivity index (χ1) is 8.25. The second kappa shape index (κ2) is 5.48. The van der Waals surface area contributed by atoms with Gasteiger partial charge in [0.25, 0.3) is 5.89 Å². The monoisotopic (exact) mass is 254 g/mol. The maximum Gasteiger partial charge on any atom is 0.303 e. The molecule has 17 heavy (non-hydrogen) atoms. The van der Waals surface area contributed by atoms with Gasteiger partial charge < -0.3 is 9.52 Å². The van der Waals surface area contributed by atoms with E-state index in [-0.39, 0.29) is 6.42 Å². The van der Waals surface area contributed by atoms with Crippen LogP contribution in [-0.4, -0.2) is 30.9 Å². The van der Waals surface area contributed by atoms with Gasteiger partial charge in [0.2, 0.25) is 5.89 Å². The van der Waals surface area contributed by atoms with E-state index in [1.807, 2.05) is 0 Å². The molecule has 0 fully saturated rings. The van der Waals surface area contributed by atoms with Gasteiger partial charge in [0.15, 0.2) is 0 Å². The summed E-state index contributed by atoms with van der Waals surface area (Å²) in [5.41, 5.74) is 0. The smallest absolute Gasteiger partial charge is 0.303 e. The van der Waals surface area contributed by atoms with Crippen LogP contribution in [0.5, 0.6) is 0 Å². The van der Waals surface area contributed by atoms with Gasteiger partial charge in [-0.25, -0.2) is 0 Å². The second-order valence-corrected chi connectivity index (χ2v) is 4.17. The Hall–Kier alpha value is -1.83. The number of aromatic nitrogens is 4. The van der Waals surface area contributed by atoms with Gasteiger partial charge in [-0.1, -0.05) is 4.49 Å². The third kappa shape index (κ3) is 3.31. The number of aliphatic carboxylic acids is 1. The summed E-state index contributed by atoms with van der Waals surface area (Å²) < 4.78 is 9.10. The van der Waals surface area contributed by atoms with E-state index >= 15 is 0 Å². The molecular formula is C9H10N4O3S. The van der Waals surface area contributed by atoms with Crippen molar-refractivity contribution in [2.45, 2.75) is 25.7 Å². The molecule has 0 aromatic carbocycles. The highest BCUT2D eigenvalue weighted by molar-refractivity contribution is 7.09. The van der Waals surface area contributed by atoms with Gasteiger partial charge in [-0.05, 0) is 24.4 Å². The highest BCUT2D eigenvalue weighted by Gasteiger charge is 2.10. The molecule has 2 aromatic rings. The van der Waals surface area contributed by atoms with Crippen LogP contribution >= 0.6 is 11.5 Å². The number of carbonyl (C=O) groups is 1. The van der Waals surface area contributed by atoms with Crippen LogP contribution in [0.25, 0.3) is 10.8 Å². The molecule has 0 saturated heterocycles. The Morgan fingerprint density at radius 2 is 2.29 bits per heavy atom. The fourth-order valence-corrected chi connectivity index (χ4v) is 1.71. The van der Waals surface area contributed by atoms with Gasteiger partial charge in [0, 0.05) is 12.8 Å². The lowest BCUT2D eigenvalue weighted by atomic mass is 10.2. The molecule has 7 nitrogen and oxygen atoms in total. The molecule has 0 spiro atoms. The van der Waals surface area contributed by atoms with Crippen LogP contribution in [0.15, 0.2) is 10.6 Å². The van der Waals surface area contributed by atoms with Gasteiger partial charge >= 0.3 is 5.97 Å². The van der Waals surface area contributed by atoms with E-state index in [0.717, 1.165) is 11.3 Å². The number of carboxylic acid groups (broad SMARTS) is 1. The van der Waals surface area contributed by atoms with Crippen molar-refractivity contribution >= 4 is 17.5 Å². The number of aryl methyl sites for hydroxylation is 1. The SMILES string of the molecule is O=C(O)CCCCc1nnc(-c2cnns2)o1. The van der Waals surface area contributed by atoms with Gasteiger partial charge in [-0.3, -0.25) is 4.79 Å². The van der Waals surface area contributed by atoms with Crippen LogP contribution in [0.3, 0.4) is 0 Å². The quantitative estimate of drug-likeness (QED) is 0.777. The maximum atomic E-state index is 10.3. The van der Waals surface area contributed by atoms with E-state index in [2.05, 4.69) is 19.8 Å².